The van der Waals surface area contributed by atoms with Crippen LogP contribution in [0.5, 0.6) is 5.75 Å². The van der Waals surface area contributed by atoms with Crippen molar-refractivity contribution in [2.75, 3.05) is 18.6 Å². The maximum Gasteiger partial charge on any atom is 0.253 e. The van der Waals surface area contributed by atoms with Gasteiger partial charge < -0.3 is 20.3 Å². The summed E-state index contributed by atoms with van der Waals surface area (Å²) in [6, 6.07) is 13.5. The second-order valence-electron chi connectivity index (χ2n) is 6.40. The van der Waals surface area contributed by atoms with Crippen LogP contribution in [0.3, 0.4) is 0 Å². The van der Waals surface area contributed by atoms with Crippen LogP contribution < -0.4 is 20.3 Å². The molecule has 0 saturated heterocycles. The summed E-state index contributed by atoms with van der Waals surface area (Å²) in [5.74, 6) is 0.121. The predicted octanol–water partition coefficient (Wildman–Crippen LogP) is 2.36. The topological polar surface area (TPSA) is 70.7 Å². The Morgan fingerprint density at radius 2 is 2.07 bits per heavy atom. The number of para-hydroxylation sites is 2. The molecule has 2 unspecified atom stereocenters. The number of halogens is 1. The average Bonchev–Trinajstić information content (AvgIpc) is 2.79. The fraction of sp³-hybridized carbons (Fsp3) is 0.300. The molecule has 1 aliphatic heterocycles. The smallest absolute Gasteiger partial charge is 0.253 e. The Morgan fingerprint density at radius 1 is 1.30 bits per heavy atom. The highest BCUT2D eigenvalue weighted by molar-refractivity contribution is 6.30. The van der Waals surface area contributed by atoms with Gasteiger partial charge in [-0.05, 0) is 43.8 Å². The monoisotopic (exact) mass is 387 g/mol. The summed E-state index contributed by atoms with van der Waals surface area (Å²) in [6.07, 6.45) is 0. The lowest BCUT2D eigenvalue weighted by molar-refractivity contribution is -0.129. The van der Waals surface area contributed by atoms with Crippen LogP contribution in [0.1, 0.15) is 12.5 Å². The van der Waals surface area contributed by atoms with E-state index in [4.69, 9.17) is 16.3 Å². The Labute approximate surface area is 163 Å². The molecule has 2 amide bonds. The fourth-order valence-electron chi connectivity index (χ4n) is 2.87. The van der Waals surface area contributed by atoms with E-state index in [1.54, 1.807) is 24.9 Å². The Hall–Kier alpha value is -2.57. The molecule has 2 atom stereocenters. The van der Waals surface area contributed by atoms with Crippen molar-refractivity contribution in [1.82, 2.24) is 10.6 Å². The van der Waals surface area contributed by atoms with E-state index in [1.807, 2.05) is 42.5 Å². The second kappa shape index (κ2) is 8.41. The zero-order chi connectivity index (χ0) is 19.4. The molecular weight excluding hydrogens is 366 g/mol. The molecule has 0 aromatic heterocycles. The van der Waals surface area contributed by atoms with Crippen LogP contribution in [-0.4, -0.2) is 37.6 Å². The molecule has 0 bridgehead atoms. The minimum atomic E-state index is -0.778. The third-order valence-corrected chi connectivity index (χ3v) is 4.73. The van der Waals surface area contributed by atoms with Gasteiger partial charge in [0.1, 0.15) is 18.4 Å². The highest BCUT2D eigenvalue weighted by atomic mass is 35.5. The number of anilines is 1. The maximum absolute atomic E-state index is 13.2. The Kier molecular flexibility index (Phi) is 5.98. The number of hydrogen-bond acceptors (Lipinski definition) is 4. The van der Waals surface area contributed by atoms with Crippen molar-refractivity contribution in [1.29, 1.82) is 0 Å². The van der Waals surface area contributed by atoms with Gasteiger partial charge in [0.15, 0.2) is 0 Å². The molecule has 6 nitrogen and oxygen atoms in total. The zero-order valence-electron chi connectivity index (χ0n) is 15.2. The molecule has 7 heteroatoms. The standard InChI is InChI=1S/C20H22ClN3O3/c1-13(22-2)19(25)23-16-12-27-18-9-4-3-8-17(18)24(20(16)26)11-14-6-5-7-15(21)10-14/h3-10,13,16,22H,11-12H2,1-2H3,(H,23,25). The lowest BCUT2D eigenvalue weighted by atomic mass is 10.1. The summed E-state index contributed by atoms with van der Waals surface area (Å²) in [5, 5.41) is 6.25. The molecule has 142 valence electrons. The van der Waals surface area contributed by atoms with E-state index in [0.29, 0.717) is 23.0 Å². The lowest BCUT2D eigenvalue weighted by Gasteiger charge is -2.25. The molecule has 2 N–H and O–H groups in total. The van der Waals surface area contributed by atoms with Crippen LogP contribution in [0.2, 0.25) is 5.02 Å². The molecule has 3 rings (SSSR count). The molecule has 0 saturated carbocycles. The quantitative estimate of drug-likeness (QED) is 0.826. The highest BCUT2D eigenvalue weighted by Crippen LogP contribution is 2.32. The SMILES string of the molecule is CNC(C)C(=O)NC1COc2ccccc2N(Cc2cccc(Cl)c2)C1=O. The number of likely N-dealkylation sites (N-methyl/N-ethyl adjacent to an activating group) is 1. The van der Waals surface area contributed by atoms with Crippen molar-refractivity contribution < 1.29 is 14.3 Å². The van der Waals surface area contributed by atoms with Crippen LogP contribution >= 0.6 is 11.6 Å². The number of hydrogen-bond donors (Lipinski definition) is 2. The van der Waals surface area contributed by atoms with Gasteiger partial charge in [0.25, 0.3) is 5.91 Å². The first-order valence-corrected chi connectivity index (χ1v) is 9.12. The van der Waals surface area contributed by atoms with E-state index in [9.17, 15) is 9.59 Å². The molecule has 1 aliphatic rings. The number of benzene rings is 2. The lowest BCUT2D eigenvalue weighted by Crippen LogP contribution is -2.53. The molecule has 27 heavy (non-hydrogen) atoms. The van der Waals surface area contributed by atoms with Crippen molar-refractivity contribution in [3.8, 4) is 5.75 Å². The number of amides is 2. The number of carbonyl (C=O) groups is 2. The minimum Gasteiger partial charge on any atom is -0.489 e. The summed E-state index contributed by atoms with van der Waals surface area (Å²) < 4.78 is 5.81. The first kappa shape index (κ1) is 19.2. The van der Waals surface area contributed by atoms with Gasteiger partial charge in [-0.2, -0.15) is 0 Å². The van der Waals surface area contributed by atoms with E-state index >= 15 is 0 Å². The van der Waals surface area contributed by atoms with Crippen LogP contribution in [0.25, 0.3) is 0 Å². The molecule has 0 fully saturated rings. The number of fused-ring (bicyclic) bond motifs is 1. The van der Waals surface area contributed by atoms with Crippen molar-refractivity contribution in [3.05, 3.63) is 59.1 Å². The summed E-state index contributed by atoms with van der Waals surface area (Å²) in [5.41, 5.74) is 1.56. The third kappa shape index (κ3) is 4.40. The van der Waals surface area contributed by atoms with Crippen LogP contribution in [0.4, 0.5) is 5.69 Å². The summed E-state index contributed by atoms with van der Waals surface area (Å²) in [7, 11) is 1.69. The summed E-state index contributed by atoms with van der Waals surface area (Å²) in [6.45, 7) is 2.13. The minimum absolute atomic E-state index is 0.0735. The normalized spacial score (nSPS) is 17.5. The molecule has 0 spiro atoms. The molecule has 2 aromatic carbocycles. The molecule has 2 aromatic rings. The van der Waals surface area contributed by atoms with Crippen LogP contribution in [0, 0.1) is 0 Å². The van der Waals surface area contributed by atoms with Crippen molar-refractivity contribution in [2.24, 2.45) is 0 Å². The van der Waals surface area contributed by atoms with E-state index in [1.165, 1.54) is 0 Å². The molecular formula is C20H22ClN3O3. The van der Waals surface area contributed by atoms with Crippen molar-refractivity contribution in [3.63, 3.8) is 0 Å². The van der Waals surface area contributed by atoms with Crippen molar-refractivity contribution in [2.45, 2.75) is 25.6 Å². The van der Waals surface area contributed by atoms with Gasteiger partial charge in [-0.3, -0.25) is 9.59 Å². The highest BCUT2D eigenvalue weighted by Gasteiger charge is 2.33. The third-order valence-electron chi connectivity index (χ3n) is 4.50. The number of ether oxygens (including phenoxy) is 1. The molecule has 0 radical (unpaired) electrons. The van der Waals surface area contributed by atoms with Gasteiger partial charge in [-0.15, -0.1) is 0 Å². The van der Waals surface area contributed by atoms with Gasteiger partial charge in [-0.1, -0.05) is 35.9 Å². The maximum atomic E-state index is 13.2. The van der Waals surface area contributed by atoms with Crippen molar-refractivity contribution >= 4 is 29.1 Å². The van der Waals surface area contributed by atoms with Gasteiger partial charge >= 0.3 is 0 Å². The van der Waals surface area contributed by atoms with Gasteiger partial charge in [0.05, 0.1) is 18.3 Å². The molecule has 1 heterocycles. The van der Waals surface area contributed by atoms with E-state index in [0.717, 1.165) is 5.56 Å². The van der Waals surface area contributed by atoms with E-state index in [2.05, 4.69) is 10.6 Å². The Morgan fingerprint density at radius 3 is 2.81 bits per heavy atom. The summed E-state index contributed by atoms with van der Waals surface area (Å²) >= 11 is 6.09. The number of rotatable bonds is 5. The zero-order valence-corrected chi connectivity index (χ0v) is 16.0. The summed E-state index contributed by atoms with van der Waals surface area (Å²) in [4.78, 5) is 27.1. The van der Waals surface area contributed by atoms with E-state index < -0.39 is 12.1 Å². The number of nitrogens with one attached hydrogen (secondary N) is 2. The van der Waals surface area contributed by atoms with Gasteiger partial charge in [0.2, 0.25) is 5.91 Å². The predicted molar refractivity (Wildman–Crippen MR) is 105 cm³/mol. The Bertz CT molecular complexity index is 843. The molecule has 0 aliphatic carbocycles. The number of nitrogens with zero attached hydrogens (tertiary/aromatic N) is 1. The number of carbonyl (C=O) groups excluding carboxylic acids is 2. The second-order valence-corrected chi connectivity index (χ2v) is 6.84. The largest absolute Gasteiger partial charge is 0.489 e. The van der Waals surface area contributed by atoms with E-state index in [-0.39, 0.29) is 18.4 Å². The first-order valence-electron chi connectivity index (χ1n) is 8.75. The average molecular weight is 388 g/mol. The fourth-order valence-corrected chi connectivity index (χ4v) is 3.08. The van der Waals surface area contributed by atoms with Crippen LogP contribution in [-0.2, 0) is 16.1 Å². The van der Waals surface area contributed by atoms with Crippen LogP contribution in [0.15, 0.2) is 48.5 Å². The van der Waals surface area contributed by atoms with Gasteiger partial charge in [-0.25, -0.2) is 0 Å². The van der Waals surface area contributed by atoms with Gasteiger partial charge in [0, 0.05) is 5.02 Å². The Balaban J connectivity index is 1.91. The first-order chi connectivity index (χ1) is 13.0.